The number of amides is 2. The second-order valence-electron chi connectivity index (χ2n) is 9.48. The lowest BCUT2D eigenvalue weighted by atomic mass is 9.48. The number of anilines is 1. The monoisotopic (exact) mass is 483 g/mol. The van der Waals surface area contributed by atoms with E-state index in [4.69, 9.17) is 0 Å². The second-order valence-corrected chi connectivity index (χ2v) is 10.7. The first kappa shape index (κ1) is 24.5. The van der Waals surface area contributed by atoms with E-state index in [9.17, 15) is 13.6 Å². The number of carbonyl (C=O) groups is 1. The molecule has 8 nitrogen and oxygen atoms in total. The zero-order chi connectivity index (χ0) is 24.5. The zero-order valence-electron chi connectivity index (χ0n) is 19.8. The van der Waals surface area contributed by atoms with Crippen LogP contribution in [-0.4, -0.2) is 96.9 Å². The standard InChI is InChI=1S/C20H26B3F2N7OS/c1-11-29-30-18(34-11)13-6-12-7-17(27-9-15(12)26-8-13)28-19(33)31-4-2-14(3-5-31)32(10-16(24)25)20(21,22)23/h6-9,14,16H,2-5,10,21-23H2,1H3,(H,27,28,33). The van der Waals surface area contributed by atoms with Crippen LogP contribution >= 0.6 is 11.3 Å². The SMILES string of the molecule is BC(B)(B)N(CC(F)F)C1CCN(C(=O)Nc2cc3cc(-c4nnc(C)s4)cnc3cn2)CC1. The quantitative estimate of drug-likeness (QED) is 0.516. The van der Waals surface area contributed by atoms with Gasteiger partial charge in [0.25, 0.3) is 6.43 Å². The van der Waals surface area contributed by atoms with Crippen LogP contribution in [0.2, 0.25) is 0 Å². The Kier molecular flexibility index (Phi) is 7.18. The Morgan fingerprint density at radius 2 is 1.97 bits per heavy atom. The van der Waals surface area contributed by atoms with Crippen LogP contribution in [0.1, 0.15) is 17.8 Å². The highest BCUT2D eigenvalue weighted by Crippen LogP contribution is 2.26. The van der Waals surface area contributed by atoms with Crippen molar-refractivity contribution in [2.24, 2.45) is 0 Å². The number of rotatable bonds is 6. The Balaban J connectivity index is 1.41. The van der Waals surface area contributed by atoms with Gasteiger partial charge in [-0.15, -0.1) is 10.2 Å². The summed E-state index contributed by atoms with van der Waals surface area (Å²) < 4.78 is 26.2. The first-order valence-electron chi connectivity index (χ1n) is 11.3. The fraction of sp³-hybridized carbons (Fsp3) is 0.450. The second kappa shape index (κ2) is 9.95. The van der Waals surface area contributed by atoms with E-state index in [2.05, 4.69) is 25.5 Å². The van der Waals surface area contributed by atoms with E-state index >= 15 is 0 Å². The van der Waals surface area contributed by atoms with E-state index in [1.807, 2.05) is 41.4 Å². The molecule has 14 heteroatoms. The summed E-state index contributed by atoms with van der Waals surface area (Å²) in [6.45, 7) is 2.65. The highest BCUT2D eigenvalue weighted by Gasteiger charge is 2.34. The van der Waals surface area contributed by atoms with Gasteiger partial charge in [0.05, 0.1) is 18.3 Å². The molecule has 1 aliphatic rings. The number of aromatic nitrogens is 4. The van der Waals surface area contributed by atoms with Crippen LogP contribution in [0.25, 0.3) is 21.5 Å². The fourth-order valence-corrected chi connectivity index (χ4v) is 4.99. The van der Waals surface area contributed by atoms with Gasteiger partial charge in [0.1, 0.15) is 39.4 Å². The van der Waals surface area contributed by atoms with Crippen LogP contribution in [0.5, 0.6) is 0 Å². The Morgan fingerprint density at radius 3 is 2.59 bits per heavy atom. The molecular formula is C20H26B3F2N7OS. The predicted octanol–water partition coefficient (Wildman–Crippen LogP) is 0.531. The normalized spacial score (nSPS) is 15.4. The van der Waals surface area contributed by atoms with Gasteiger partial charge in [-0.05, 0) is 31.9 Å². The molecular weight excluding hydrogens is 457 g/mol. The predicted molar refractivity (Wildman–Crippen MR) is 138 cm³/mol. The molecule has 0 aliphatic carbocycles. The van der Waals surface area contributed by atoms with E-state index < -0.39 is 6.43 Å². The average molecular weight is 483 g/mol. The summed E-state index contributed by atoms with van der Waals surface area (Å²) >= 11 is 1.49. The summed E-state index contributed by atoms with van der Waals surface area (Å²) in [6.07, 6.45) is 2.28. The van der Waals surface area contributed by atoms with Crippen molar-refractivity contribution in [1.29, 1.82) is 0 Å². The molecule has 4 rings (SSSR count). The van der Waals surface area contributed by atoms with Gasteiger partial charge < -0.3 is 9.80 Å². The summed E-state index contributed by atoms with van der Waals surface area (Å²) in [4.78, 5) is 25.2. The fourth-order valence-electron chi connectivity index (χ4n) is 4.32. The van der Waals surface area contributed by atoms with Crippen molar-refractivity contribution >= 4 is 57.6 Å². The Labute approximate surface area is 203 Å². The molecule has 3 aromatic heterocycles. The molecule has 0 unspecified atom stereocenters. The van der Waals surface area contributed by atoms with Crippen molar-refractivity contribution < 1.29 is 13.6 Å². The number of hydrogen-bond donors (Lipinski definition) is 1. The number of likely N-dealkylation sites (tertiary alicyclic amines) is 1. The number of fused-ring (bicyclic) bond motifs is 1. The molecule has 0 radical (unpaired) electrons. The van der Waals surface area contributed by atoms with E-state index in [1.165, 1.54) is 11.3 Å². The molecule has 1 aliphatic heterocycles. The molecule has 34 heavy (non-hydrogen) atoms. The number of pyridine rings is 2. The smallest absolute Gasteiger partial charge is 0.323 e. The third-order valence-electron chi connectivity index (χ3n) is 5.96. The first-order chi connectivity index (χ1) is 16.1. The molecule has 0 aromatic carbocycles. The molecule has 0 spiro atoms. The lowest BCUT2D eigenvalue weighted by Crippen LogP contribution is -2.59. The van der Waals surface area contributed by atoms with Gasteiger partial charge in [-0.2, -0.15) is 0 Å². The molecule has 176 valence electrons. The molecule has 2 amide bonds. The summed E-state index contributed by atoms with van der Waals surface area (Å²) in [5, 5.41) is 13.2. The summed E-state index contributed by atoms with van der Waals surface area (Å²) in [5.74, 6) is 0.432. The number of nitrogens with one attached hydrogen (secondary N) is 1. The summed E-state index contributed by atoms with van der Waals surface area (Å²) in [7, 11) is 5.85. The van der Waals surface area contributed by atoms with Crippen molar-refractivity contribution in [3.05, 3.63) is 29.5 Å². The highest BCUT2D eigenvalue weighted by molar-refractivity contribution is 7.14. The van der Waals surface area contributed by atoms with Crippen molar-refractivity contribution in [3.8, 4) is 10.6 Å². The topological polar surface area (TPSA) is 87.1 Å². The molecule has 0 bridgehead atoms. The van der Waals surface area contributed by atoms with Crippen LogP contribution in [-0.2, 0) is 0 Å². The number of nitrogens with zero attached hydrogens (tertiary/aromatic N) is 6. The Bertz CT molecular complexity index is 1170. The van der Waals surface area contributed by atoms with E-state index in [0.717, 1.165) is 21.0 Å². The van der Waals surface area contributed by atoms with E-state index in [-0.39, 0.29) is 23.9 Å². The highest BCUT2D eigenvalue weighted by atomic mass is 32.1. The first-order valence-corrected chi connectivity index (χ1v) is 12.1. The number of alkyl halides is 2. The van der Waals surface area contributed by atoms with Crippen LogP contribution in [0, 0.1) is 6.92 Å². The molecule has 4 heterocycles. The van der Waals surface area contributed by atoms with Gasteiger partial charge in [-0.3, -0.25) is 10.3 Å². The number of hydrogen-bond acceptors (Lipinski definition) is 7. The average Bonchev–Trinajstić information content (AvgIpc) is 3.22. The van der Waals surface area contributed by atoms with Gasteiger partial charge >= 0.3 is 6.03 Å². The number of aryl methyl sites for hydroxylation is 1. The molecule has 3 aromatic rings. The van der Waals surface area contributed by atoms with E-state index in [1.54, 1.807) is 23.4 Å². The van der Waals surface area contributed by atoms with Gasteiger partial charge in [-0.25, -0.2) is 18.6 Å². The van der Waals surface area contributed by atoms with E-state index in [0.29, 0.717) is 37.3 Å². The van der Waals surface area contributed by atoms with Gasteiger partial charge in [0.2, 0.25) is 0 Å². The van der Waals surface area contributed by atoms with Crippen LogP contribution in [0.15, 0.2) is 24.5 Å². The molecule has 0 saturated carbocycles. The summed E-state index contributed by atoms with van der Waals surface area (Å²) in [6, 6.07) is 3.51. The van der Waals surface area contributed by atoms with Crippen molar-refractivity contribution in [2.45, 2.75) is 37.5 Å². The minimum atomic E-state index is -2.38. The number of halogens is 2. The van der Waals surface area contributed by atoms with Crippen LogP contribution < -0.4 is 5.32 Å². The number of piperidine rings is 1. The molecule has 0 atom stereocenters. The largest absolute Gasteiger partial charge is 0.324 e. The van der Waals surface area contributed by atoms with Gasteiger partial charge in [0.15, 0.2) is 0 Å². The van der Waals surface area contributed by atoms with Crippen molar-refractivity contribution in [1.82, 2.24) is 30.0 Å². The maximum Gasteiger partial charge on any atom is 0.323 e. The maximum atomic E-state index is 13.1. The van der Waals surface area contributed by atoms with Crippen molar-refractivity contribution in [2.75, 3.05) is 25.0 Å². The maximum absolute atomic E-state index is 13.1. The summed E-state index contributed by atoms with van der Waals surface area (Å²) in [5.41, 5.74) is 1.57. The minimum Gasteiger partial charge on any atom is -0.324 e. The Hall–Kier alpha value is -2.60. The number of carbonyl (C=O) groups excluding carboxylic acids is 1. The lowest BCUT2D eigenvalue weighted by molar-refractivity contribution is 0.0443. The molecule has 1 saturated heterocycles. The third kappa shape index (κ3) is 5.72. The van der Waals surface area contributed by atoms with Crippen LogP contribution in [0.3, 0.4) is 0 Å². The molecule has 1 fully saturated rings. The van der Waals surface area contributed by atoms with Crippen LogP contribution in [0.4, 0.5) is 19.4 Å². The zero-order valence-corrected chi connectivity index (χ0v) is 20.6. The lowest BCUT2D eigenvalue weighted by Gasteiger charge is -2.45. The van der Waals surface area contributed by atoms with Gasteiger partial charge in [-0.1, -0.05) is 16.6 Å². The Morgan fingerprint density at radius 1 is 1.24 bits per heavy atom. The van der Waals surface area contributed by atoms with Gasteiger partial charge in [0, 0.05) is 36.3 Å². The third-order valence-corrected chi connectivity index (χ3v) is 6.85. The minimum absolute atomic E-state index is 0.0188. The number of urea groups is 1. The molecule has 1 N–H and O–H groups in total. The van der Waals surface area contributed by atoms with Crippen molar-refractivity contribution in [3.63, 3.8) is 0 Å².